The van der Waals surface area contributed by atoms with E-state index in [0.717, 1.165) is 11.5 Å². The number of fused-ring (bicyclic) bond motifs is 2. The van der Waals surface area contributed by atoms with Crippen molar-refractivity contribution in [2.24, 2.45) is 0 Å². The molecule has 224 valence electrons. The Hall–Kier alpha value is -3.43. The Labute approximate surface area is 283 Å². The van der Waals surface area contributed by atoms with E-state index in [2.05, 4.69) is 151 Å². The average molecular weight is 747 g/mol. The quantitative estimate of drug-likeness (QED) is 0.114. The first-order valence-electron chi connectivity index (χ1n) is 14.6. The third-order valence-electron chi connectivity index (χ3n) is 8.02. The minimum atomic E-state index is -0.156. The van der Waals surface area contributed by atoms with Crippen LogP contribution in [0.1, 0.15) is 52.7 Å². The van der Waals surface area contributed by atoms with Crippen LogP contribution in [0.4, 0.5) is 0 Å². The molecular formula is C41H44HfO2. The first-order chi connectivity index (χ1) is 19.7. The molecule has 0 aromatic heterocycles. The Kier molecular flexibility index (Phi) is 11.2. The van der Waals surface area contributed by atoms with Gasteiger partial charge in [-0.15, -0.1) is 69.1 Å². The predicted molar refractivity (Wildman–Crippen MR) is 186 cm³/mol. The van der Waals surface area contributed by atoms with Crippen molar-refractivity contribution in [2.75, 3.05) is 0 Å². The van der Waals surface area contributed by atoms with Gasteiger partial charge in [0, 0.05) is 0 Å². The molecule has 0 heterocycles. The van der Waals surface area contributed by atoms with Crippen LogP contribution in [0.15, 0.2) is 109 Å². The third kappa shape index (κ3) is 6.94. The molecule has 0 bridgehead atoms. The standard InChI is InChI=1S/C39H38O2.2CH3.Hf/c1-25(2)40-33-17-13-27(14-18-33)35-11-7-9-29-21-31(23-37(29)35)39(5,6)32-22-30-10-8-12-36(38(30)24-32)28-15-19-34(20-16-28)41-26(3)4;;;/h7-26H,1-6H3;2*1H3;/q-2;2*-1;+4. The second-order valence-electron chi connectivity index (χ2n) is 12.1. The van der Waals surface area contributed by atoms with Gasteiger partial charge in [-0.05, 0) is 68.5 Å². The molecule has 0 N–H and O–H groups in total. The van der Waals surface area contributed by atoms with Gasteiger partial charge < -0.3 is 24.3 Å². The summed E-state index contributed by atoms with van der Waals surface area (Å²) in [6.07, 6.45) is 0.329. The maximum Gasteiger partial charge on any atom is 4.00 e. The fourth-order valence-corrected chi connectivity index (χ4v) is 5.83. The van der Waals surface area contributed by atoms with Gasteiger partial charge >= 0.3 is 25.8 Å². The smallest absolute Gasteiger partial charge is 0.491 e. The average Bonchev–Trinajstić information content (AvgIpc) is 3.59. The summed E-state index contributed by atoms with van der Waals surface area (Å²) in [4.78, 5) is 0. The third-order valence-corrected chi connectivity index (χ3v) is 8.02. The van der Waals surface area contributed by atoms with Crippen LogP contribution in [-0.2, 0) is 31.3 Å². The van der Waals surface area contributed by atoms with Gasteiger partial charge in [0.1, 0.15) is 11.5 Å². The second-order valence-corrected chi connectivity index (χ2v) is 12.1. The summed E-state index contributed by atoms with van der Waals surface area (Å²) in [5.41, 5.74) is 7.40. The Morgan fingerprint density at radius 1 is 0.545 bits per heavy atom. The van der Waals surface area contributed by atoms with Crippen LogP contribution in [0, 0.1) is 14.9 Å². The van der Waals surface area contributed by atoms with Crippen molar-refractivity contribution in [2.45, 2.75) is 59.2 Å². The van der Waals surface area contributed by atoms with E-state index in [9.17, 15) is 0 Å². The SMILES string of the molecule is CC(C)Oc1ccc(-c2cccc3[cH-]c(C(C)(C)c4cc5c(-c6ccc(OC(C)C)cc6)cccc5[cH-]4)cc23)cc1.[CH3-].[CH3-].[Hf+4]. The van der Waals surface area contributed by atoms with Crippen LogP contribution in [0.5, 0.6) is 11.5 Å². The zero-order chi connectivity index (χ0) is 28.7. The van der Waals surface area contributed by atoms with Crippen molar-refractivity contribution in [3.8, 4) is 33.8 Å². The summed E-state index contributed by atoms with van der Waals surface area (Å²) in [5.74, 6) is 1.81. The Bertz CT molecular complexity index is 1660. The summed E-state index contributed by atoms with van der Waals surface area (Å²) >= 11 is 0. The molecule has 0 saturated carbocycles. The van der Waals surface area contributed by atoms with Crippen LogP contribution in [0.3, 0.4) is 0 Å². The van der Waals surface area contributed by atoms with Crippen LogP contribution in [-0.4, -0.2) is 12.2 Å². The number of hydrogen-bond acceptors (Lipinski definition) is 2. The molecule has 3 heteroatoms. The minimum absolute atomic E-state index is 0. The van der Waals surface area contributed by atoms with E-state index < -0.39 is 0 Å². The van der Waals surface area contributed by atoms with Gasteiger partial charge in [0.2, 0.25) is 0 Å². The van der Waals surface area contributed by atoms with E-state index in [4.69, 9.17) is 9.47 Å². The molecule has 0 fully saturated rings. The van der Waals surface area contributed by atoms with E-state index >= 15 is 0 Å². The van der Waals surface area contributed by atoms with Gasteiger partial charge in [0.25, 0.3) is 0 Å². The summed E-state index contributed by atoms with van der Waals surface area (Å²) in [6, 6.07) is 39.6. The molecule has 6 aromatic rings. The molecule has 0 saturated heterocycles. The number of rotatable bonds is 8. The van der Waals surface area contributed by atoms with Gasteiger partial charge in [-0.2, -0.15) is 12.1 Å². The predicted octanol–water partition coefficient (Wildman–Crippen LogP) is 11.6. The largest absolute Gasteiger partial charge is 4.00 e. The van der Waals surface area contributed by atoms with E-state index in [0.29, 0.717) is 0 Å². The van der Waals surface area contributed by atoms with E-state index in [-0.39, 0.29) is 58.3 Å². The summed E-state index contributed by atoms with van der Waals surface area (Å²) in [7, 11) is 0. The van der Waals surface area contributed by atoms with Crippen molar-refractivity contribution in [1.29, 1.82) is 0 Å². The Morgan fingerprint density at radius 2 is 0.909 bits per heavy atom. The molecule has 0 aliphatic heterocycles. The van der Waals surface area contributed by atoms with Gasteiger partial charge in [0.05, 0.1) is 12.2 Å². The maximum absolute atomic E-state index is 5.87. The van der Waals surface area contributed by atoms with Gasteiger partial charge in [-0.1, -0.05) is 61.4 Å². The molecule has 0 unspecified atom stereocenters. The van der Waals surface area contributed by atoms with Gasteiger partial charge in [0.15, 0.2) is 0 Å². The van der Waals surface area contributed by atoms with Crippen molar-refractivity contribution in [3.63, 3.8) is 0 Å². The van der Waals surface area contributed by atoms with E-state index in [1.165, 1.54) is 54.9 Å². The monoisotopic (exact) mass is 748 g/mol. The molecule has 0 spiro atoms. The normalized spacial score (nSPS) is 11.3. The van der Waals surface area contributed by atoms with Crippen LogP contribution < -0.4 is 9.47 Å². The zero-order valence-electron chi connectivity index (χ0n) is 27.4. The number of benzene rings is 4. The summed E-state index contributed by atoms with van der Waals surface area (Å²) in [5, 5.41) is 5.12. The summed E-state index contributed by atoms with van der Waals surface area (Å²) in [6.45, 7) is 12.9. The number of hydrogen-bond donors (Lipinski definition) is 0. The molecule has 0 radical (unpaired) electrons. The fourth-order valence-electron chi connectivity index (χ4n) is 5.83. The van der Waals surface area contributed by atoms with Gasteiger partial charge in [-0.3, -0.25) is 0 Å². The molecule has 0 aliphatic rings. The molecule has 6 rings (SSSR count). The molecule has 0 aliphatic carbocycles. The minimum Gasteiger partial charge on any atom is -0.491 e. The van der Waals surface area contributed by atoms with E-state index in [1.54, 1.807) is 0 Å². The maximum atomic E-state index is 5.87. The second kappa shape index (κ2) is 14.1. The molecule has 44 heavy (non-hydrogen) atoms. The van der Waals surface area contributed by atoms with Crippen LogP contribution in [0.2, 0.25) is 0 Å². The first kappa shape index (κ1) is 35.1. The van der Waals surface area contributed by atoms with Crippen molar-refractivity contribution in [1.82, 2.24) is 0 Å². The van der Waals surface area contributed by atoms with Crippen molar-refractivity contribution in [3.05, 3.63) is 135 Å². The van der Waals surface area contributed by atoms with Crippen molar-refractivity contribution >= 4 is 21.5 Å². The van der Waals surface area contributed by atoms with Gasteiger partial charge in [-0.25, -0.2) is 0 Å². The molecule has 6 aromatic carbocycles. The fraction of sp³-hybridized carbons (Fsp3) is 0.220. The topological polar surface area (TPSA) is 18.5 Å². The zero-order valence-corrected chi connectivity index (χ0v) is 31.0. The summed E-state index contributed by atoms with van der Waals surface area (Å²) < 4.78 is 11.7. The van der Waals surface area contributed by atoms with Crippen LogP contribution in [0.25, 0.3) is 43.8 Å². The first-order valence-corrected chi connectivity index (χ1v) is 14.6. The molecule has 0 amide bonds. The van der Waals surface area contributed by atoms with Crippen LogP contribution >= 0.6 is 0 Å². The van der Waals surface area contributed by atoms with Crippen molar-refractivity contribution < 1.29 is 35.3 Å². The number of ether oxygens (including phenoxy) is 2. The molecular weight excluding hydrogens is 703 g/mol. The Morgan fingerprint density at radius 3 is 1.25 bits per heavy atom. The Balaban J connectivity index is 0.00000176. The molecule has 0 atom stereocenters. The molecule has 2 nitrogen and oxygen atoms in total. The van der Waals surface area contributed by atoms with E-state index in [1.807, 2.05) is 0 Å².